The molecule has 0 atom stereocenters. The highest BCUT2D eigenvalue weighted by molar-refractivity contribution is 5.88. The predicted molar refractivity (Wildman–Crippen MR) is 80.3 cm³/mol. The molecular formula is C15H25N3O2. The van der Waals surface area contributed by atoms with E-state index in [1.165, 1.54) is 6.20 Å². The topological polar surface area (TPSA) is 66.3 Å². The Morgan fingerprint density at radius 3 is 2.35 bits per heavy atom. The van der Waals surface area contributed by atoms with Crippen LogP contribution < -0.4 is 4.90 Å². The average Bonchev–Trinajstić information content (AvgIpc) is 2.37. The molecule has 20 heavy (non-hydrogen) atoms. The number of hydrogen-bond acceptors (Lipinski definition) is 4. The summed E-state index contributed by atoms with van der Waals surface area (Å²) in [6, 6.07) is 0.382. The van der Waals surface area contributed by atoms with E-state index >= 15 is 0 Å². The molecule has 0 fully saturated rings. The molecule has 0 unspecified atom stereocenters. The summed E-state index contributed by atoms with van der Waals surface area (Å²) >= 11 is 0. The Kier molecular flexibility index (Phi) is 5.92. The Hall–Kier alpha value is -1.65. The minimum atomic E-state index is -0.980. The molecule has 0 aliphatic carbocycles. The van der Waals surface area contributed by atoms with Crippen LogP contribution >= 0.6 is 0 Å². The zero-order valence-corrected chi connectivity index (χ0v) is 13.1. The molecule has 0 spiro atoms. The molecular weight excluding hydrogens is 254 g/mol. The second-order valence-electron chi connectivity index (χ2n) is 5.49. The first-order chi connectivity index (χ1) is 9.40. The van der Waals surface area contributed by atoms with Crippen LogP contribution in [0.3, 0.4) is 0 Å². The lowest BCUT2D eigenvalue weighted by Gasteiger charge is -2.32. The van der Waals surface area contributed by atoms with Crippen LogP contribution in [0.25, 0.3) is 0 Å². The number of carbonyl (C=O) groups is 1. The second-order valence-corrected chi connectivity index (χ2v) is 5.49. The summed E-state index contributed by atoms with van der Waals surface area (Å²) in [4.78, 5) is 21.9. The van der Waals surface area contributed by atoms with Gasteiger partial charge in [0.05, 0.1) is 11.3 Å². The molecule has 0 amide bonds. The Bertz CT molecular complexity index is 456. The summed E-state index contributed by atoms with van der Waals surface area (Å²) in [7, 11) is 0. The minimum Gasteiger partial charge on any atom is -0.478 e. The van der Waals surface area contributed by atoms with Gasteiger partial charge in [-0.15, -0.1) is 0 Å². The summed E-state index contributed by atoms with van der Waals surface area (Å²) in [6.45, 7) is 11.2. The fourth-order valence-electron chi connectivity index (χ4n) is 2.32. The molecule has 5 heteroatoms. The highest BCUT2D eigenvalue weighted by Crippen LogP contribution is 2.19. The minimum absolute atomic E-state index is 0.169. The summed E-state index contributed by atoms with van der Waals surface area (Å²) in [5.74, 6) is 0.153. The van der Waals surface area contributed by atoms with Gasteiger partial charge in [-0.25, -0.2) is 14.8 Å². The first kappa shape index (κ1) is 16.4. The standard InChI is InChI=1S/C15H25N3O2/c1-6-12(7-2)18(9-10(3)4)15-16-8-13(14(19)20)11(5)17-15/h8,10,12H,6-7,9H2,1-5H3,(H,19,20). The molecule has 112 valence electrons. The van der Waals surface area contributed by atoms with Crippen LogP contribution in [-0.2, 0) is 0 Å². The van der Waals surface area contributed by atoms with Crippen molar-refractivity contribution < 1.29 is 9.90 Å². The summed E-state index contributed by atoms with van der Waals surface area (Å²) in [6.07, 6.45) is 3.45. The number of aryl methyl sites for hydroxylation is 1. The maximum absolute atomic E-state index is 11.0. The molecule has 1 rings (SSSR count). The van der Waals surface area contributed by atoms with Crippen molar-refractivity contribution >= 4 is 11.9 Å². The molecule has 0 aliphatic heterocycles. The number of rotatable bonds is 7. The van der Waals surface area contributed by atoms with E-state index in [4.69, 9.17) is 5.11 Å². The van der Waals surface area contributed by atoms with Crippen LogP contribution in [0.2, 0.25) is 0 Å². The second kappa shape index (κ2) is 7.22. The number of anilines is 1. The van der Waals surface area contributed by atoms with Crippen molar-refractivity contribution in [1.29, 1.82) is 0 Å². The van der Waals surface area contributed by atoms with E-state index in [-0.39, 0.29) is 5.56 Å². The number of carboxylic acid groups (broad SMARTS) is 1. The Morgan fingerprint density at radius 2 is 1.95 bits per heavy atom. The molecule has 0 aliphatic rings. The molecule has 1 aromatic heterocycles. The van der Waals surface area contributed by atoms with Crippen LogP contribution in [-0.4, -0.2) is 33.6 Å². The van der Waals surface area contributed by atoms with Crippen LogP contribution in [0.1, 0.15) is 56.6 Å². The SMILES string of the molecule is CCC(CC)N(CC(C)C)c1ncc(C(=O)O)c(C)n1. The molecule has 0 aromatic carbocycles. The monoisotopic (exact) mass is 279 g/mol. The first-order valence-electron chi connectivity index (χ1n) is 7.24. The largest absolute Gasteiger partial charge is 0.478 e. The van der Waals surface area contributed by atoms with Crippen molar-refractivity contribution in [2.45, 2.75) is 53.5 Å². The average molecular weight is 279 g/mol. The van der Waals surface area contributed by atoms with Crippen molar-refractivity contribution in [3.63, 3.8) is 0 Å². The van der Waals surface area contributed by atoms with Crippen LogP contribution in [0, 0.1) is 12.8 Å². The molecule has 1 aromatic rings. The lowest BCUT2D eigenvalue weighted by molar-refractivity contribution is 0.0695. The lowest BCUT2D eigenvalue weighted by atomic mass is 10.1. The van der Waals surface area contributed by atoms with E-state index in [1.807, 2.05) is 0 Å². The molecule has 0 saturated heterocycles. The first-order valence-corrected chi connectivity index (χ1v) is 7.24. The fraction of sp³-hybridized carbons (Fsp3) is 0.667. The third-order valence-electron chi connectivity index (χ3n) is 3.40. The molecule has 1 heterocycles. The number of aromatic carboxylic acids is 1. The van der Waals surface area contributed by atoms with Crippen molar-refractivity contribution in [2.24, 2.45) is 5.92 Å². The van der Waals surface area contributed by atoms with Gasteiger partial charge in [-0.2, -0.15) is 0 Å². The third-order valence-corrected chi connectivity index (χ3v) is 3.40. The Balaban J connectivity index is 3.13. The lowest BCUT2D eigenvalue weighted by Crippen LogP contribution is -2.38. The van der Waals surface area contributed by atoms with E-state index < -0.39 is 5.97 Å². The quantitative estimate of drug-likeness (QED) is 0.830. The summed E-state index contributed by atoms with van der Waals surface area (Å²) in [5.41, 5.74) is 0.685. The van der Waals surface area contributed by atoms with E-state index in [0.717, 1.165) is 19.4 Å². The smallest absolute Gasteiger partial charge is 0.339 e. The maximum Gasteiger partial charge on any atom is 0.339 e. The van der Waals surface area contributed by atoms with Crippen LogP contribution in [0.4, 0.5) is 5.95 Å². The van der Waals surface area contributed by atoms with Gasteiger partial charge in [0.2, 0.25) is 5.95 Å². The molecule has 0 bridgehead atoms. The van der Waals surface area contributed by atoms with E-state index in [0.29, 0.717) is 23.6 Å². The summed E-state index contributed by atoms with van der Waals surface area (Å²) in [5, 5.41) is 9.05. The van der Waals surface area contributed by atoms with Gasteiger partial charge in [-0.1, -0.05) is 27.7 Å². The van der Waals surface area contributed by atoms with Gasteiger partial charge in [0, 0.05) is 18.8 Å². The number of nitrogens with zero attached hydrogens (tertiary/aromatic N) is 3. The van der Waals surface area contributed by atoms with Crippen molar-refractivity contribution in [3.05, 3.63) is 17.5 Å². The van der Waals surface area contributed by atoms with Gasteiger partial charge >= 0.3 is 5.97 Å². The molecule has 5 nitrogen and oxygen atoms in total. The van der Waals surface area contributed by atoms with Gasteiger partial charge in [-0.05, 0) is 25.7 Å². The van der Waals surface area contributed by atoms with E-state index in [2.05, 4.69) is 42.6 Å². The van der Waals surface area contributed by atoms with Gasteiger partial charge in [-0.3, -0.25) is 0 Å². The summed E-state index contributed by atoms with van der Waals surface area (Å²) < 4.78 is 0. The van der Waals surface area contributed by atoms with Gasteiger partial charge in [0.15, 0.2) is 0 Å². The van der Waals surface area contributed by atoms with E-state index in [9.17, 15) is 4.79 Å². The molecule has 0 radical (unpaired) electrons. The molecule has 0 saturated carbocycles. The highest BCUT2D eigenvalue weighted by Gasteiger charge is 2.20. The highest BCUT2D eigenvalue weighted by atomic mass is 16.4. The Labute approximate surface area is 121 Å². The molecule has 1 N–H and O–H groups in total. The zero-order chi connectivity index (χ0) is 15.3. The normalized spacial score (nSPS) is 11.2. The van der Waals surface area contributed by atoms with Gasteiger partial charge in [0.1, 0.15) is 0 Å². The Morgan fingerprint density at radius 1 is 1.35 bits per heavy atom. The van der Waals surface area contributed by atoms with Gasteiger partial charge in [0.25, 0.3) is 0 Å². The van der Waals surface area contributed by atoms with Crippen molar-refractivity contribution in [1.82, 2.24) is 9.97 Å². The van der Waals surface area contributed by atoms with Crippen molar-refractivity contribution in [2.75, 3.05) is 11.4 Å². The number of hydrogen-bond donors (Lipinski definition) is 1. The van der Waals surface area contributed by atoms with Crippen LogP contribution in [0.15, 0.2) is 6.20 Å². The third kappa shape index (κ3) is 3.92. The fourth-order valence-corrected chi connectivity index (χ4v) is 2.32. The van der Waals surface area contributed by atoms with Gasteiger partial charge < -0.3 is 10.0 Å². The number of carboxylic acids is 1. The maximum atomic E-state index is 11.0. The number of aromatic nitrogens is 2. The van der Waals surface area contributed by atoms with Crippen LogP contribution in [0.5, 0.6) is 0 Å². The van der Waals surface area contributed by atoms with E-state index in [1.54, 1.807) is 6.92 Å². The predicted octanol–water partition coefficient (Wildman–Crippen LogP) is 3.13. The van der Waals surface area contributed by atoms with Crippen molar-refractivity contribution in [3.8, 4) is 0 Å². The zero-order valence-electron chi connectivity index (χ0n) is 13.1.